The van der Waals surface area contributed by atoms with E-state index in [4.69, 9.17) is 0 Å². The summed E-state index contributed by atoms with van der Waals surface area (Å²) in [5, 5.41) is 0.990. The van der Waals surface area contributed by atoms with Crippen LogP contribution in [0.4, 0.5) is 0 Å². The smallest absolute Gasteiger partial charge is 0.189 e. The summed E-state index contributed by atoms with van der Waals surface area (Å²) < 4.78 is 2.11. The fourth-order valence-electron chi connectivity index (χ4n) is 2.28. The van der Waals surface area contributed by atoms with Gasteiger partial charge in [-0.3, -0.25) is 0 Å². The van der Waals surface area contributed by atoms with Gasteiger partial charge in [0.05, 0.1) is 17.5 Å². The van der Waals surface area contributed by atoms with Gasteiger partial charge in [-0.25, -0.2) is 19.9 Å². The standard InChI is InChI=1S/C14H11N5S/c1-19-10-5-3-2-4-9(10)17-11(19)8-12-18-13-14(20-12)16-7-6-15-13/h2-7H,8H2,1H3. The largest absolute Gasteiger partial charge is 0.331 e. The number of hydrogen-bond acceptors (Lipinski definition) is 5. The first-order chi connectivity index (χ1) is 9.81. The highest BCUT2D eigenvalue weighted by Crippen LogP contribution is 2.22. The van der Waals surface area contributed by atoms with Crippen LogP contribution in [0, 0.1) is 0 Å². The molecule has 0 radical (unpaired) electrons. The quantitative estimate of drug-likeness (QED) is 0.566. The van der Waals surface area contributed by atoms with E-state index in [1.807, 2.05) is 25.2 Å². The van der Waals surface area contributed by atoms with Gasteiger partial charge in [0.2, 0.25) is 0 Å². The molecule has 0 saturated heterocycles. The van der Waals surface area contributed by atoms with E-state index in [9.17, 15) is 0 Å². The van der Waals surface area contributed by atoms with Gasteiger partial charge in [-0.05, 0) is 12.1 Å². The molecule has 0 fully saturated rings. The summed E-state index contributed by atoms with van der Waals surface area (Å²) in [6, 6.07) is 8.14. The minimum absolute atomic E-state index is 0.702. The van der Waals surface area contributed by atoms with Crippen molar-refractivity contribution in [2.24, 2.45) is 7.05 Å². The Morgan fingerprint density at radius 2 is 1.95 bits per heavy atom. The predicted molar refractivity (Wildman–Crippen MR) is 78.7 cm³/mol. The Kier molecular flexibility index (Phi) is 2.50. The molecule has 5 nitrogen and oxygen atoms in total. The van der Waals surface area contributed by atoms with Gasteiger partial charge in [0.25, 0.3) is 0 Å². The summed E-state index contributed by atoms with van der Waals surface area (Å²) in [5.41, 5.74) is 2.87. The molecule has 6 heteroatoms. The molecule has 0 aliphatic carbocycles. The highest BCUT2D eigenvalue weighted by Gasteiger charge is 2.11. The molecule has 98 valence electrons. The molecule has 1 aromatic carbocycles. The van der Waals surface area contributed by atoms with Gasteiger partial charge in [0.1, 0.15) is 10.8 Å². The lowest BCUT2D eigenvalue weighted by Gasteiger charge is -1.99. The van der Waals surface area contributed by atoms with Crippen molar-refractivity contribution in [1.82, 2.24) is 24.5 Å². The van der Waals surface area contributed by atoms with Crippen molar-refractivity contribution in [3.05, 3.63) is 47.5 Å². The third-order valence-electron chi connectivity index (χ3n) is 3.28. The number of aryl methyl sites for hydroxylation is 1. The fourth-order valence-corrected chi connectivity index (χ4v) is 3.14. The minimum atomic E-state index is 0.702. The highest BCUT2D eigenvalue weighted by atomic mass is 32.1. The lowest BCUT2D eigenvalue weighted by Crippen LogP contribution is -1.98. The summed E-state index contributed by atoms with van der Waals surface area (Å²) >= 11 is 1.57. The van der Waals surface area contributed by atoms with E-state index in [1.54, 1.807) is 23.7 Å². The molecule has 0 bridgehead atoms. The molecule has 3 aromatic heterocycles. The molecule has 0 aliphatic heterocycles. The van der Waals surface area contributed by atoms with Crippen LogP contribution in [0.1, 0.15) is 10.8 Å². The van der Waals surface area contributed by atoms with Crippen molar-refractivity contribution in [2.75, 3.05) is 0 Å². The Labute approximate surface area is 119 Å². The van der Waals surface area contributed by atoms with Crippen molar-refractivity contribution in [2.45, 2.75) is 6.42 Å². The monoisotopic (exact) mass is 281 g/mol. The second kappa shape index (κ2) is 4.35. The van der Waals surface area contributed by atoms with E-state index >= 15 is 0 Å². The van der Waals surface area contributed by atoms with Crippen LogP contribution in [0.5, 0.6) is 0 Å². The van der Waals surface area contributed by atoms with Crippen LogP contribution in [0.15, 0.2) is 36.7 Å². The van der Waals surface area contributed by atoms with Crippen LogP contribution in [0.2, 0.25) is 0 Å². The number of imidazole rings is 1. The Hall–Kier alpha value is -2.34. The van der Waals surface area contributed by atoms with E-state index < -0.39 is 0 Å². The second-order valence-electron chi connectivity index (χ2n) is 4.55. The van der Waals surface area contributed by atoms with E-state index in [-0.39, 0.29) is 0 Å². The molecule has 4 aromatic rings. The molecule has 0 spiro atoms. The van der Waals surface area contributed by atoms with Crippen LogP contribution in [-0.2, 0) is 13.5 Å². The van der Waals surface area contributed by atoms with Crippen LogP contribution >= 0.6 is 11.3 Å². The Morgan fingerprint density at radius 3 is 2.80 bits per heavy atom. The van der Waals surface area contributed by atoms with Crippen molar-refractivity contribution in [1.29, 1.82) is 0 Å². The van der Waals surface area contributed by atoms with Crippen LogP contribution in [0.25, 0.3) is 21.5 Å². The average Bonchev–Trinajstić information content (AvgIpc) is 3.01. The second-order valence-corrected chi connectivity index (χ2v) is 5.61. The topological polar surface area (TPSA) is 56.5 Å². The molecule has 0 saturated carbocycles. The third kappa shape index (κ3) is 1.77. The lowest BCUT2D eigenvalue weighted by atomic mass is 10.3. The summed E-state index contributed by atoms with van der Waals surface area (Å²) in [5.74, 6) is 1.00. The molecular formula is C14H11N5S. The molecule has 0 unspecified atom stereocenters. The zero-order chi connectivity index (χ0) is 13.5. The zero-order valence-electron chi connectivity index (χ0n) is 10.8. The summed E-state index contributed by atoms with van der Waals surface area (Å²) in [6.07, 6.45) is 4.06. The SMILES string of the molecule is Cn1c(Cc2nc3nccnc3s2)nc2ccccc21. The summed E-state index contributed by atoms with van der Waals surface area (Å²) in [6.45, 7) is 0. The normalized spacial score (nSPS) is 11.4. The lowest BCUT2D eigenvalue weighted by molar-refractivity contribution is 0.842. The minimum Gasteiger partial charge on any atom is -0.331 e. The van der Waals surface area contributed by atoms with Crippen molar-refractivity contribution in [3.63, 3.8) is 0 Å². The van der Waals surface area contributed by atoms with Crippen molar-refractivity contribution < 1.29 is 0 Å². The predicted octanol–water partition coefficient (Wildman–Crippen LogP) is 2.56. The van der Waals surface area contributed by atoms with E-state index in [1.165, 1.54) is 0 Å². The van der Waals surface area contributed by atoms with Crippen LogP contribution < -0.4 is 0 Å². The molecule has 3 heterocycles. The van der Waals surface area contributed by atoms with E-state index in [0.29, 0.717) is 12.1 Å². The van der Waals surface area contributed by atoms with Crippen LogP contribution in [0.3, 0.4) is 0 Å². The van der Waals surface area contributed by atoms with Crippen LogP contribution in [-0.4, -0.2) is 24.5 Å². The number of aromatic nitrogens is 5. The van der Waals surface area contributed by atoms with Gasteiger partial charge in [-0.15, -0.1) is 0 Å². The molecule has 0 atom stereocenters. The average molecular weight is 281 g/mol. The Morgan fingerprint density at radius 1 is 1.10 bits per heavy atom. The van der Waals surface area contributed by atoms with E-state index in [0.717, 1.165) is 26.7 Å². The maximum atomic E-state index is 4.67. The van der Waals surface area contributed by atoms with Gasteiger partial charge in [-0.2, -0.15) is 0 Å². The van der Waals surface area contributed by atoms with Gasteiger partial charge >= 0.3 is 0 Å². The first kappa shape index (κ1) is 11.5. The number of nitrogens with zero attached hydrogens (tertiary/aromatic N) is 5. The number of hydrogen-bond donors (Lipinski definition) is 0. The first-order valence-corrected chi connectivity index (χ1v) is 7.10. The third-order valence-corrected chi connectivity index (χ3v) is 4.23. The highest BCUT2D eigenvalue weighted by molar-refractivity contribution is 7.18. The van der Waals surface area contributed by atoms with Gasteiger partial charge < -0.3 is 4.57 Å². The molecule has 0 amide bonds. The molecule has 0 aliphatic rings. The number of benzene rings is 1. The maximum Gasteiger partial charge on any atom is 0.189 e. The number of fused-ring (bicyclic) bond motifs is 2. The molecule has 20 heavy (non-hydrogen) atoms. The number of rotatable bonds is 2. The first-order valence-electron chi connectivity index (χ1n) is 6.28. The molecule has 4 rings (SSSR count). The molecular weight excluding hydrogens is 270 g/mol. The Bertz CT molecular complexity index is 875. The maximum absolute atomic E-state index is 4.67. The van der Waals surface area contributed by atoms with E-state index in [2.05, 4.69) is 30.6 Å². The van der Waals surface area contributed by atoms with Gasteiger partial charge in [0, 0.05) is 19.4 Å². The summed E-state index contributed by atoms with van der Waals surface area (Å²) in [7, 11) is 2.04. The molecule has 0 N–H and O–H groups in total. The van der Waals surface area contributed by atoms with Gasteiger partial charge in [0.15, 0.2) is 10.5 Å². The fraction of sp³-hybridized carbons (Fsp3) is 0.143. The van der Waals surface area contributed by atoms with Crippen molar-refractivity contribution >= 4 is 32.8 Å². The Balaban J connectivity index is 1.78. The number of para-hydroxylation sites is 2. The van der Waals surface area contributed by atoms with Gasteiger partial charge in [-0.1, -0.05) is 23.5 Å². The summed E-state index contributed by atoms with van der Waals surface area (Å²) in [4.78, 5) is 18.5. The van der Waals surface area contributed by atoms with Crippen molar-refractivity contribution in [3.8, 4) is 0 Å². The number of thiazole rings is 1. The zero-order valence-corrected chi connectivity index (χ0v) is 11.6.